The van der Waals surface area contributed by atoms with Gasteiger partial charge in [-0.15, -0.1) is 0 Å². The zero-order valence-electron chi connectivity index (χ0n) is 11.7. The van der Waals surface area contributed by atoms with Gasteiger partial charge < -0.3 is 15.4 Å². The monoisotopic (exact) mass is 352 g/mol. The largest absolute Gasteiger partial charge is 0.433 e. The van der Waals surface area contributed by atoms with Gasteiger partial charge in [-0.3, -0.25) is 4.79 Å². The summed E-state index contributed by atoms with van der Waals surface area (Å²) in [5.41, 5.74) is 0.307. The quantitative estimate of drug-likeness (QED) is 0.854. The lowest BCUT2D eigenvalue weighted by atomic mass is 10.0. The van der Waals surface area contributed by atoms with E-state index in [-0.39, 0.29) is 34.3 Å². The lowest BCUT2D eigenvalue weighted by molar-refractivity contribution is -0.123. The number of rotatable bonds is 5. The second-order valence-electron chi connectivity index (χ2n) is 4.97. The van der Waals surface area contributed by atoms with E-state index in [1.165, 1.54) is 12.1 Å². The van der Waals surface area contributed by atoms with Crippen LogP contribution in [-0.2, 0) is 11.3 Å². The van der Waals surface area contributed by atoms with Crippen molar-refractivity contribution in [2.45, 2.75) is 38.5 Å². The van der Waals surface area contributed by atoms with Crippen LogP contribution in [0.2, 0.25) is 10.0 Å². The fourth-order valence-electron chi connectivity index (χ4n) is 2.35. The minimum atomic E-state index is -3.01. The van der Waals surface area contributed by atoms with Gasteiger partial charge in [0, 0.05) is 17.1 Å². The Labute approximate surface area is 137 Å². The zero-order valence-corrected chi connectivity index (χ0v) is 13.2. The van der Waals surface area contributed by atoms with Crippen LogP contribution in [0, 0.1) is 0 Å². The van der Waals surface area contributed by atoms with Gasteiger partial charge >= 0.3 is 6.61 Å². The third-order valence-electron chi connectivity index (χ3n) is 3.37. The Balaban J connectivity index is 2.06. The van der Waals surface area contributed by atoms with E-state index < -0.39 is 6.61 Å². The first-order valence-electron chi connectivity index (χ1n) is 6.91. The average Bonchev–Trinajstić information content (AvgIpc) is 2.48. The molecule has 1 amide bonds. The SMILES string of the molecule is O=C(NCc1cc(Cl)cc(Cl)c1OC(F)F)C1CCCCN1. The van der Waals surface area contributed by atoms with Crippen molar-refractivity contribution in [1.29, 1.82) is 0 Å². The van der Waals surface area contributed by atoms with Crippen molar-refractivity contribution < 1.29 is 18.3 Å². The highest BCUT2D eigenvalue weighted by atomic mass is 35.5. The lowest BCUT2D eigenvalue weighted by Gasteiger charge is -2.23. The van der Waals surface area contributed by atoms with E-state index in [2.05, 4.69) is 15.4 Å². The van der Waals surface area contributed by atoms with Gasteiger partial charge in [-0.25, -0.2) is 0 Å². The second kappa shape index (κ2) is 7.94. The van der Waals surface area contributed by atoms with E-state index in [1.54, 1.807) is 0 Å². The number of carbonyl (C=O) groups is 1. The third-order valence-corrected chi connectivity index (χ3v) is 3.87. The van der Waals surface area contributed by atoms with Crippen LogP contribution in [0.25, 0.3) is 0 Å². The van der Waals surface area contributed by atoms with Gasteiger partial charge in [0.15, 0.2) is 0 Å². The second-order valence-corrected chi connectivity index (χ2v) is 5.82. The van der Waals surface area contributed by atoms with Gasteiger partial charge in [0.05, 0.1) is 11.1 Å². The molecule has 1 atom stereocenters. The summed E-state index contributed by atoms with van der Waals surface area (Å²) in [6.07, 6.45) is 2.77. The van der Waals surface area contributed by atoms with Gasteiger partial charge in [-0.05, 0) is 31.5 Å². The first-order chi connectivity index (χ1) is 10.5. The van der Waals surface area contributed by atoms with Gasteiger partial charge in [0.25, 0.3) is 0 Å². The van der Waals surface area contributed by atoms with Crippen molar-refractivity contribution in [2.24, 2.45) is 0 Å². The number of halogens is 4. The molecule has 0 bridgehead atoms. The number of piperidine rings is 1. The van der Waals surface area contributed by atoms with Gasteiger partial charge in [-0.1, -0.05) is 29.6 Å². The summed E-state index contributed by atoms with van der Waals surface area (Å²) >= 11 is 11.7. The highest BCUT2D eigenvalue weighted by Crippen LogP contribution is 2.33. The summed E-state index contributed by atoms with van der Waals surface area (Å²) in [7, 11) is 0. The van der Waals surface area contributed by atoms with E-state index in [0.29, 0.717) is 5.56 Å². The molecule has 0 saturated carbocycles. The number of hydrogen-bond donors (Lipinski definition) is 2. The fraction of sp³-hybridized carbons (Fsp3) is 0.500. The van der Waals surface area contributed by atoms with Crippen molar-refractivity contribution in [3.8, 4) is 5.75 Å². The molecule has 0 aromatic heterocycles. The number of benzene rings is 1. The van der Waals surface area contributed by atoms with Gasteiger partial charge in [-0.2, -0.15) is 8.78 Å². The highest BCUT2D eigenvalue weighted by Gasteiger charge is 2.21. The number of amides is 1. The minimum absolute atomic E-state index is 0.0132. The number of hydrogen-bond acceptors (Lipinski definition) is 3. The molecular weight excluding hydrogens is 337 g/mol. The lowest BCUT2D eigenvalue weighted by Crippen LogP contribution is -2.46. The Kier molecular flexibility index (Phi) is 6.23. The minimum Gasteiger partial charge on any atom is -0.433 e. The summed E-state index contributed by atoms with van der Waals surface area (Å²) in [6, 6.07) is 2.50. The Morgan fingerprint density at radius 3 is 2.82 bits per heavy atom. The van der Waals surface area contributed by atoms with Gasteiger partial charge in [0.2, 0.25) is 5.91 Å². The van der Waals surface area contributed by atoms with Crippen LogP contribution < -0.4 is 15.4 Å². The van der Waals surface area contributed by atoms with Gasteiger partial charge in [0.1, 0.15) is 5.75 Å². The first kappa shape index (κ1) is 17.2. The van der Waals surface area contributed by atoms with Crippen LogP contribution in [0.4, 0.5) is 8.78 Å². The molecule has 1 aliphatic heterocycles. The maximum absolute atomic E-state index is 12.5. The predicted octanol–water partition coefficient (Wildman–Crippen LogP) is 3.35. The van der Waals surface area contributed by atoms with Crippen LogP contribution in [0.1, 0.15) is 24.8 Å². The topological polar surface area (TPSA) is 50.4 Å². The van der Waals surface area contributed by atoms with Crippen LogP contribution in [0.15, 0.2) is 12.1 Å². The highest BCUT2D eigenvalue weighted by molar-refractivity contribution is 6.35. The molecule has 0 spiro atoms. The van der Waals surface area contributed by atoms with E-state index in [0.717, 1.165) is 25.8 Å². The molecule has 1 aromatic rings. The molecule has 0 radical (unpaired) electrons. The molecule has 22 heavy (non-hydrogen) atoms. The number of nitrogens with one attached hydrogen (secondary N) is 2. The van der Waals surface area contributed by atoms with Crippen molar-refractivity contribution in [3.05, 3.63) is 27.7 Å². The molecule has 1 heterocycles. The van der Waals surface area contributed by atoms with Crippen LogP contribution in [-0.4, -0.2) is 25.1 Å². The van der Waals surface area contributed by atoms with Crippen molar-refractivity contribution >= 4 is 29.1 Å². The van der Waals surface area contributed by atoms with E-state index >= 15 is 0 Å². The molecule has 1 unspecified atom stereocenters. The summed E-state index contributed by atoms with van der Waals surface area (Å²) in [5.74, 6) is -0.350. The summed E-state index contributed by atoms with van der Waals surface area (Å²) in [4.78, 5) is 12.0. The molecule has 8 heteroatoms. The van der Waals surface area contributed by atoms with Crippen LogP contribution in [0.3, 0.4) is 0 Å². The normalized spacial score (nSPS) is 18.3. The maximum Gasteiger partial charge on any atom is 0.387 e. The summed E-state index contributed by atoms with van der Waals surface area (Å²) < 4.78 is 29.3. The number of carbonyl (C=O) groups excluding carboxylic acids is 1. The summed E-state index contributed by atoms with van der Waals surface area (Å²) in [5, 5.41) is 6.07. The fourth-order valence-corrected chi connectivity index (χ4v) is 2.93. The first-order valence-corrected chi connectivity index (χ1v) is 7.67. The molecule has 0 aliphatic carbocycles. The molecule has 1 aromatic carbocycles. The van der Waals surface area contributed by atoms with Crippen molar-refractivity contribution in [2.75, 3.05) is 6.54 Å². The Morgan fingerprint density at radius 1 is 1.41 bits per heavy atom. The van der Waals surface area contributed by atoms with Crippen LogP contribution in [0.5, 0.6) is 5.75 Å². The molecule has 122 valence electrons. The smallest absolute Gasteiger partial charge is 0.387 e. The van der Waals surface area contributed by atoms with E-state index in [1.807, 2.05) is 0 Å². The number of alkyl halides is 2. The Hall–Kier alpha value is -1.11. The predicted molar refractivity (Wildman–Crippen MR) is 80.6 cm³/mol. The molecule has 4 nitrogen and oxygen atoms in total. The Bertz CT molecular complexity index is 538. The molecular formula is C14H16Cl2F2N2O2. The zero-order chi connectivity index (χ0) is 16.1. The molecule has 1 saturated heterocycles. The molecule has 1 aliphatic rings. The Morgan fingerprint density at radius 2 is 2.18 bits per heavy atom. The average molecular weight is 353 g/mol. The maximum atomic E-state index is 12.5. The molecule has 1 fully saturated rings. The molecule has 2 N–H and O–H groups in total. The van der Waals surface area contributed by atoms with Crippen molar-refractivity contribution in [1.82, 2.24) is 10.6 Å². The molecule has 2 rings (SSSR count). The third kappa shape index (κ3) is 4.69. The van der Waals surface area contributed by atoms with Crippen molar-refractivity contribution in [3.63, 3.8) is 0 Å². The number of ether oxygens (including phenoxy) is 1. The summed E-state index contributed by atoms with van der Waals surface area (Å²) in [6.45, 7) is -2.20. The van der Waals surface area contributed by atoms with E-state index in [9.17, 15) is 13.6 Å². The standard InChI is InChI=1S/C14H16Cl2F2N2O2/c15-9-5-8(12(10(16)6-9)22-14(17)18)7-20-13(21)11-3-1-2-4-19-11/h5-6,11,14,19H,1-4,7H2,(H,20,21). The van der Waals surface area contributed by atoms with E-state index in [4.69, 9.17) is 23.2 Å². The van der Waals surface area contributed by atoms with Crippen LogP contribution >= 0.6 is 23.2 Å².